The fourth-order valence-electron chi connectivity index (χ4n) is 8.90. The van der Waals surface area contributed by atoms with E-state index >= 15 is 0 Å². The molecular formula is C54H63B3N12O9. The molecule has 4 unspecified atom stereocenters. The molecule has 78 heavy (non-hydrogen) atoms. The summed E-state index contributed by atoms with van der Waals surface area (Å²) < 4.78 is 21.0. The lowest BCUT2D eigenvalue weighted by molar-refractivity contribution is -0.123. The van der Waals surface area contributed by atoms with E-state index < -0.39 is 92.7 Å². The maximum atomic E-state index is 14.5. The van der Waals surface area contributed by atoms with Crippen molar-refractivity contribution in [2.45, 2.75) is 96.8 Å². The predicted molar refractivity (Wildman–Crippen MR) is 291 cm³/mol. The Morgan fingerprint density at radius 3 is 0.872 bits per heavy atom. The van der Waals surface area contributed by atoms with E-state index in [0.29, 0.717) is 36.0 Å². The third-order valence-corrected chi connectivity index (χ3v) is 12.4. The van der Waals surface area contributed by atoms with Gasteiger partial charge in [-0.25, -0.2) is 15.0 Å². The van der Waals surface area contributed by atoms with E-state index in [1.807, 2.05) is 59.7 Å². The highest BCUT2D eigenvalue weighted by atomic mass is 16.7. The van der Waals surface area contributed by atoms with Crippen LogP contribution in [0.1, 0.15) is 127 Å². The van der Waals surface area contributed by atoms with Gasteiger partial charge in [-0.3, -0.25) is 59.7 Å². The van der Waals surface area contributed by atoms with Gasteiger partial charge >= 0.3 is 21.4 Å². The first-order valence-electron chi connectivity index (χ1n) is 25.9. The van der Waals surface area contributed by atoms with Crippen LogP contribution in [-0.4, -0.2) is 105 Å². The number of carbonyl (C=O) groups is 6. The molecule has 6 atom stereocenters. The van der Waals surface area contributed by atoms with E-state index in [-0.39, 0.29) is 34.8 Å². The van der Waals surface area contributed by atoms with Crippen molar-refractivity contribution < 1.29 is 42.5 Å². The van der Waals surface area contributed by atoms with Gasteiger partial charge in [0.2, 0.25) is 17.7 Å². The van der Waals surface area contributed by atoms with Gasteiger partial charge in [0.05, 0.1) is 18.6 Å². The van der Waals surface area contributed by atoms with Crippen LogP contribution in [0, 0.1) is 17.8 Å². The van der Waals surface area contributed by atoms with Crippen molar-refractivity contribution in [1.29, 1.82) is 0 Å². The lowest BCUT2D eigenvalue weighted by atomic mass is 9.57. The molecule has 0 aliphatic carbocycles. The molecule has 1 aliphatic heterocycles. The molecule has 6 N–H and O–H groups in total. The molecule has 0 bridgehead atoms. The summed E-state index contributed by atoms with van der Waals surface area (Å²) >= 11 is 0. The number of hydrogen-bond acceptors (Lipinski definition) is 18. The average Bonchev–Trinajstić information content (AvgIpc) is 3.48. The van der Waals surface area contributed by atoms with Crippen LogP contribution < -0.4 is 31.9 Å². The highest BCUT2D eigenvalue weighted by Crippen LogP contribution is 2.28. The second kappa shape index (κ2) is 28.6. The van der Waals surface area contributed by atoms with Crippen LogP contribution in [0.4, 0.5) is 0 Å². The molecule has 4 heterocycles. The Bertz CT molecular complexity index is 2580. The summed E-state index contributed by atoms with van der Waals surface area (Å²) in [5.74, 6) is -6.94. The molecule has 6 aromatic rings. The highest BCUT2D eigenvalue weighted by Gasteiger charge is 2.52. The number of rotatable bonds is 24. The van der Waals surface area contributed by atoms with Gasteiger partial charge < -0.3 is 29.7 Å². The Morgan fingerprint density at radius 2 is 0.654 bits per heavy atom. The molecule has 0 saturated carbocycles. The minimum Gasteiger partial charge on any atom is -0.451 e. The summed E-state index contributed by atoms with van der Waals surface area (Å²) in [4.78, 5) is 108. The monoisotopic (exact) mass is 1060 g/mol. The van der Waals surface area contributed by atoms with E-state index in [2.05, 4.69) is 61.8 Å². The van der Waals surface area contributed by atoms with Gasteiger partial charge in [0.25, 0.3) is 17.7 Å². The molecule has 0 spiro atoms. The number of nitrogens with one attached hydrogen (secondary N) is 6. The maximum Gasteiger partial charge on any atom is 0.447 e. The molecule has 21 nitrogen and oxygen atoms in total. The molecule has 3 aromatic heterocycles. The minimum atomic E-state index is -1.23. The molecular weight excluding hydrogens is 993 g/mol. The fraction of sp³-hybridized carbons (Fsp3) is 0.333. The quantitative estimate of drug-likeness (QED) is 0.0452. The third-order valence-electron chi connectivity index (χ3n) is 12.4. The van der Waals surface area contributed by atoms with Crippen molar-refractivity contribution >= 4 is 56.8 Å². The van der Waals surface area contributed by atoms with Gasteiger partial charge in [-0.15, -0.1) is 0 Å². The first-order chi connectivity index (χ1) is 37.6. The number of benzene rings is 3. The number of hydrogen-bond donors (Lipinski definition) is 6. The Kier molecular flexibility index (Phi) is 21.2. The number of carbonyl (C=O) groups excluding carboxylic acids is 6. The van der Waals surface area contributed by atoms with Crippen LogP contribution >= 0.6 is 0 Å². The van der Waals surface area contributed by atoms with E-state index in [4.69, 9.17) is 13.7 Å². The zero-order valence-electron chi connectivity index (χ0n) is 44.3. The van der Waals surface area contributed by atoms with E-state index in [0.717, 1.165) is 0 Å². The van der Waals surface area contributed by atoms with Crippen LogP contribution in [-0.2, 0) is 28.1 Å². The van der Waals surface area contributed by atoms with Crippen molar-refractivity contribution in [2.24, 2.45) is 17.8 Å². The topological polar surface area (TPSA) is 280 Å². The number of nitrogens with zero attached hydrogens (tertiary/aromatic N) is 6. The van der Waals surface area contributed by atoms with E-state index in [1.54, 1.807) is 72.8 Å². The Morgan fingerprint density at radius 1 is 0.397 bits per heavy atom. The first kappa shape index (κ1) is 58.0. The average molecular weight is 1060 g/mol. The lowest BCUT2D eigenvalue weighted by Gasteiger charge is -2.42. The Hall–Kier alpha value is -7.73. The van der Waals surface area contributed by atoms with Crippen molar-refractivity contribution in [3.63, 3.8) is 0 Å². The van der Waals surface area contributed by atoms with Gasteiger partial charge in [0.15, 0.2) is 0 Å². The summed E-state index contributed by atoms with van der Waals surface area (Å²) in [5, 5.41) is 18.0. The largest absolute Gasteiger partial charge is 0.451 e. The smallest absolute Gasteiger partial charge is 0.447 e. The second-order valence-corrected chi connectivity index (χ2v) is 20.0. The number of amides is 6. The SMILES string of the molecule is CC(C)CC(NC(C(=O)NC(=O)c1cnccn1)c1ccccc1)B1OB([C@H](CC(C)C)NC(C(=O)NC(=O)c2cnccn2)c2ccccc2)OB([C@H](CC(C)C)NC(C(=O)NC(=O)c2cnccn2)c2ccccc2)O1. The zero-order chi connectivity index (χ0) is 55.6. The zero-order valence-corrected chi connectivity index (χ0v) is 44.3. The molecule has 6 amide bonds. The molecule has 0 radical (unpaired) electrons. The minimum absolute atomic E-state index is 0.0414. The highest BCUT2D eigenvalue weighted by molar-refractivity contribution is 6.75. The maximum absolute atomic E-state index is 14.5. The van der Waals surface area contributed by atoms with Crippen molar-refractivity contribution in [3.8, 4) is 0 Å². The van der Waals surface area contributed by atoms with E-state index in [9.17, 15) is 28.8 Å². The van der Waals surface area contributed by atoms with Crippen LogP contribution in [0.2, 0.25) is 0 Å². The van der Waals surface area contributed by atoms with Crippen molar-refractivity contribution in [3.05, 3.63) is 181 Å². The molecule has 1 fully saturated rings. The summed E-state index contributed by atoms with van der Waals surface area (Å²) in [6, 6.07) is 23.1. The normalized spacial score (nSPS) is 15.0. The standard InChI is InChI=1S/C54H63B3N12O9/c1-34(2)28-43(64-46(37-16-10-7-11-17-37)52(73)67-49(70)40-31-58-22-25-61-40)55-76-56(44(29-35(3)4)65-47(38-18-12-8-13-19-38)53(74)68-50(71)41-32-59-23-26-62-41)78-57(77-55)45(30-36(5)6)66-48(39-20-14-9-15-21-39)54(75)69-51(72)42-33-60-24-27-63-42/h7-27,31-36,43-48,64-66H,28-30H2,1-6H3,(H,67,70,73)(H,68,71,74)(H,69,72,75)/t43-,44-,45?,46?,47?,48?/m0/s1. The summed E-state index contributed by atoms with van der Waals surface area (Å²) in [5.41, 5.74) is 1.38. The van der Waals surface area contributed by atoms with Crippen molar-refractivity contribution in [2.75, 3.05) is 0 Å². The molecule has 1 saturated heterocycles. The molecule has 3 aromatic carbocycles. The van der Waals surface area contributed by atoms with Crippen molar-refractivity contribution in [1.82, 2.24) is 61.8 Å². The molecule has 24 heteroatoms. The summed E-state index contributed by atoms with van der Waals surface area (Å²) in [6.45, 7) is 12.0. The van der Waals surface area contributed by atoms with Gasteiger partial charge in [-0.1, -0.05) is 133 Å². The molecule has 7 rings (SSSR count). The summed E-state index contributed by atoms with van der Waals surface area (Å²) in [6.07, 6.45) is 13.1. The van der Waals surface area contributed by atoms with E-state index in [1.165, 1.54) is 55.8 Å². The van der Waals surface area contributed by atoms with Crippen LogP contribution in [0.5, 0.6) is 0 Å². The van der Waals surface area contributed by atoms with Gasteiger partial charge in [0, 0.05) is 55.0 Å². The number of imide groups is 3. The predicted octanol–water partition coefficient (Wildman–Crippen LogP) is 4.61. The van der Waals surface area contributed by atoms with Gasteiger partial charge in [-0.2, -0.15) is 0 Å². The molecule has 402 valence electrons. The Balaban J connectivity index is 1.30. The lowest BCUT2D eigenvalue weighted by Crippen LogP contribution is -2.68. The van der Waals surface area contributed by atoms with Crippen LogP contribution in [0.25, 0.3) is 0 Å². The van der Waals surface area contributed by atoms with Crippen LogP contribution in [0.15, 0.2) is 147 Å². The second-order valence-electron chi connectivity index (χ2n) is 20.0. The Labute approximate surface area is 454 Å². The first-order valence-corrected chi connectivity index (χ1v) is 25.9. The van der Waals surface area contributed by atoms with Gasteiger partial charge in [0.1, 0.15) is 35.2 Å². The van der Waals surface area contributed by atoms with Crippen LogP contribution in [0.3, 0.4) is 0 Å². The number of aromatic nitrogens is 6. The molecule has 1 aliphatic rings. The fourth-order valence-corrected chi connectivity index (χ4v) is 8.90. The van der Waals surface area contributed by atoms with Gasteiger partial charge in [-0.05, 0) is 53.7 Å². The third kappa shape index (κ3) is 16.6. The summed E-state index contributed by atoms with van der Waals surface area (Å²) in [7, 11) is -3.70.